The first-order chi connectivity index (χ1) is 15.8. The zero-order valence-electron chi connectivity index (χ0n) is 17.9. The fourth-order valence-electron chi connectivity index (χ4n) is 2.91. The lowest BCUT2D eigenvalue weighted by Crippen LogP contribution is -2.39. The molecular formula is C23H22ClN3O5S. The minimum Gasteiger partial charge on any atom is -0.497 e. The van der Waals surface area contributed by atoms with Gasteiger partial charge in [0.05, 0.1) is 31.0 Å². The molecule has 0 aromatic heterocycles. The van der Waals surface area contributed by atoms with Crippen molar-refractivity contribution in [2.24, 2.45) is 5.10 Å². The summed E-state index contributed by atoms with van der Waals surface area (Å²) in [7, 11) is -1.15. The molecule has 0 fully saturated rings. The van der Waals surface area contributed by atoms with E-state index in [2.05, 4.69) is 10.5 Å². The monoisotopic (exact) mass is 487 g/mol. The number of hydrogen-bond acceptors (Lipinski definition) is 6. The summed E-state index contributed by atoms with van der Waals surface area (Å²) in [4.78, 5) is 12.7. The summed E-state index contributed by atoms with van der Waals surface area (Å²) in [5.41, 5.74) is 3.21. The number of sulfonamides is 1. The van der Waals surface area contributed by atoms with Crippen LogP contribution in [-0.4, -0.2) is 41.3 Å². The number of anilines is 1. The predicted molar refractivity (Wildman–Crippen MR) is 128 cm³/mol. The number of rotatable bonds is 9. The van der Waals surface area contributed by atoms with Crippen LogP contribution >= 0.6 is 11.6 Å². The zero-order chi connectivity index (χ0) is 23.8. The van der Waals surface area contributed by atoms with E-state index in [1.165, 1.54) is 37.6 Å². The number of nitrogens with zero attached hydrogens (tertiary/aromatic N) is 2. The molecule has 3 aromatic rings. The molecule has 33 heavy (non-hydrogen) atoms. The average molecular weight is 488 g/mol. The number of carbonyl (C=O) groups is 1. The number of hydrogen-bond donors (Lipinski definition) is 1. The van der Waals surface area contributed by atoms with Crippen LogP contribution in [0.1, 0.15) is 5.56 Å². The SMILES string of the molecule is COc1ccc(/C=N\NC(=O)CN(c2cc(Cl)ccc2OC)S(=O)(=O)c2ccccc2)cc1. The van der Waals surface area contributed by atoms with Gasteiger partial charge in [-0.2, -0.15) is 5.10 Å². The highest BCUT2D eigenvalue weighted by molar-refractivity contribution is 7.92. The molecule has 172 valence electrons. The number of ether oxygens (including phenoxy) is 2. The normalized spacial score (nSPS) is 11.2. The van der Waals surface area contributed by atoms with Gasteiger partial charge in [-0.05, 0) is 60.2 Å². The van der Waals surface area contributed by atoms with E-state index in [4.69, 9.17) is 21.1 Å². The van der Waals surface area contributed by atoms with Gasteiger partial charge in [-0.15, -0.1) is 0 Å². The van der Waals surface area contributed by atoms with Gasteiger partial charge in [-0.3, -0.25) is 9.10 Å². The molecule has 0 aliphatic carbocycles. The number of halogens is 1. The van der Waals surface area contributed by atoms with E-state index in [9.17, 15) is 13.2 Å². The van der Waals surface area contributed by atoms with Gasteiger partial charge >= 0.3 is 0 Å². The Labute approximate surface area is 197 Å². The molecular weight excluding hydrogens is 466 g/mol. The Morgan fingerprint density at radius 2 is 1.73 bits per heavy atom. The van der Waals surface area contributed by atoms with Crippen molar-refractivity contribution >= 4 is 39.4 Å². The predicted octanol–water partition coefficient (Wildman–Crippen LogP) is 3.70. The zero-order valence-corrected chi connectivity index (χ0v) is 19.5. The molecule has 1 amide bonds. The summed E-state index contributed by atoms with van der Waals surface area (Å²) in [5, 5.41) is 4.20. The van der Waals surface area contributed by atoms with Crippen molar-refractivity contribution in [1.29, 1.82) is 0 Å². The van der Waals surface area contributed by atoms with E-state index < -0.39 is 22.5 Å². The van der Waals surface area contributed by atoms with Crippen LogP contribution in [-0.2, 0) is 14.8 Å². The molecule has 0 spiro atoms. The van der Waals surface area contributed by atoms with Gasteiger partial charge in [0.1, 0.15) is 18.0 Å². The molecule has 0 bridgehead atoms. The first kappa shape index (κ1) is 24.1. The largest absolute Gasteiger partial charge is 0.497 e. The molecule has 0 atom stereocenters. The van der Waals surface area contributed by atoms with Gasteiger partial charge in [0, 0.05) is 5.02 Å². The van der Waals surface area contributed by atoms with E-state index in [1.807, 2.05) is 0 Å². The van der Waals surface area contributed by atoms with Crippen molar-refractivity contribution in [3.8, 4) is 11.5 Å². The van der Waals surface area contributed by atoms with Gasteiger partial charge in [0.25, 0.3) is 15.9 Å². The highest BCUT2D eigenvalue weighted by atomic mass is 35.5. The molecule has 0 aliphatic rings. The van der Waals surface area contributed by atoms with Gasteiger partial charge in [-0.1, -0.05) is 29.8 Å². The Morgan fingerprint density at radius 1 is 1.03 bits per heavy atom. The fraction of sp³-hybridized carbons (Fsp3) is 0.130. The standard InChI is InChI=1S/C23H22ClN3O5S/c1-31-19-11-8-17(9-12-19)15-25-26-23(28)16-27(21-14-18(24)10-13-22(21)32-2)33(29,30)20-6-4-3-5-7-20/h3-15H,16H2,1-2H3,(H,26,28)/b25-15-. The Bertz CT molecular complexity index is 1230. The van der Waals surface area contributed by atoms with Crippen molar-refractivity contribution < 1.29 is 22.7 Å². The van der Waals surface area contributed by atoms with Gasteiger partial charge in [0.2, 0.25) is 0 Å². The maximum Gasteiger partial charge on any atom is 0.264 e. The molecule has 3 rings (SSSR count). The lowest BCUT2D eigenvalue weighted by atomic mass is 10.2. The minimum absolute atomic E-state index is 0.0153. The fourth-order valence-corrected chi connectivity index (χ4v) is 4.52. The molecule has 0 aliphatic heterocycles. The number of amides is 1. The summed E-state index contributed by atoms with van der Waals surface area (Å²) in [6.07, 6.45) is 1.44. The molecule has 3 aromatic carbocycles. The third kappa shape index (κ3) is 6.03. The van der Waals surface area contributed by atoms with Gasteiger partial charge < -0.3 is 9.47 Å². The second kappa shape index (κ2) is 10.8. The van der Waals surface area contributed by atoms with Crippen LogP contribution < -0.4 is 19.2 Å². The quantitative estimate of drug-likeness (QED) is 0.366. The molecule has 0 radical (unpaired) electrons. The van der Waals surface area contributed by atoms with Gasteiger partial charge in [0.15, 0.2) is 0 Å². The molecule has 10 heteroatoms. The maximum absolute atomic E-state index is 13.4. The topological polar surface area (TPSA) is 97.3 Å². The van der Waals surface area contributed by atoms with Crippen LogP contribution in [0.25, 0.3) is 0 Å². The maximum atomic E-state index is 13.4. The molecule has 0 heterocycles. The van der Waals surface area contributed by atoms with E-state index >= 15 is 0 Å². The Morgan fingerprint density at radius 3 is 2.36 bits per heavy atom. The van der Waals surface area contributed by atoms with Crippen LogP contribution in [0.5, 0.6) is 11.5 Å². The Kier molecular flexibility index (Phi) is 7.92. The summed E-state index contributed by atoms with van der Waals surface area (Å²) in [5.74, 6) is 0.281. The van der Waals surface area contributed by atoms with Crippen molar-refractivity contribution in [2.45, 2.75) is 4.90 Å². The van der Waals surface area contributed by atoms with E-state index in [1.54, 1.807) is 55.6 Å². The Balaban J connectivity index is 1.87. The second-order valence-electron chi connectivity index (χ2n) is 6.71. The molecule has 0 saturated carbocycles. The second-order valence-corrected chi connectivity index (χ2v) is 9.01. The smallest absolute Gasteiger partial charge is 0.264 e. The highest BCUT2D eigenvalue weighted by Crippen LogP contribution is 2.34. The van der Waals surface area contributed by atoms with Crippen LogP contribution in [0.15, 0.2) is 82.8 Å². The molecule has 8 nitrogen and oxygen atoms in total. The first-order valence-electron chi connectivity index (χ1n) is 9.72. The van der Waals surface area contributed by atoms with Crippen molar-refractivity contribution in [3.05, 3.63) is 83.4 Å². The lowest BCUT2D eigenvalue weighted by Gasteiger charge is -2.25. The summed E-state index contributed by atoms with van der Waals surface area (Å²) < 4.78 is 38.1. The van der Waals surface area contributed by atoms with E-state index in [0.29, 0.717) is 5.75 Å². The Hall–Kier alpha value is -3.56. The first-order valence-corrected chi connectivity index (χ1v) is 11.5. The van der Waals surface area contributed by atoms with Crippen LogP contribution in [0.3, 0.4) is 0 Å². The van der Waals surface area contributed by atoms with Crippen LogP contribution in [0.2, 0.25) is 5.02 Å². The minimum atomic E-state index is -4.12. The third-order valence-corrected chi connectivity index (χ3v) is 6.56. The summed E-state index contributed by atoms with van der Waals surface area (Å²) in [6.45, 7) is -0.548. The lowest BCUT2D eigenvalue weighted by molar-refractivity contribution is -0.119. The van der Waals surface area contributed by atoms with Crippen LogP contribution in [0, 0.1) is 0 Å². The number of methoxy groups -OCH3 is 2. The number of carbonyl (C=O) groups excluding carboxylic acids is 1. The molecule has 1 N–H and O–H groups in total. The van der Waals surface area contributed by atoms with Crippen molar-refractivity contribution in [1.82, 2.24) is 5.43 Å². The molecule has 0 unspecified atom stereocenters. The number of hydrazone groups is 1. The number of nitrogens with one attached hydrogen (secondary N) is 1. The molecule has 0 saturated heterocycles. The van der Waals surface area contributed by atoms with Crippen molar-refractivity contribution in [3.63, 3.8) is 0 Å². The number of benzene rings is 3. The van der Waals surface area contributed by atoms with E-state index in [-0.39, 0.29) is 21.4 Å². The summed E-state index contributed by atoms with van der Waals surface area (Å²) in [6, 6.07) is 19.3. The average Bonchev–Trinajstić information content (AvgIpc) is 2.83. The highest BCUT2D eigenvalue weighted by Gasteiger charge is 2.29. The van der Waals surface area contributed by atoms with E-state index in [0.717, 1.165) is 9.87 Å². The van der Waals surface area contributed by atoms with Gasteiger partial charge in [-0.25, -0.2) is 13.8 Å². The van der Waals surface area contributed by atoms with Crippen molar-refractivity contribution in [2.75, 3.05) is 25.1 Å². The van der Waals surface area contributed by atoms with Crippen LogP contribution in [0.4, 0.5) is 5.69 Å². The summed E-state index contributed by atoms with van der Waals surface area (Å²) >= 11 is 6.11. The third-order valence-electron chi connectivity index (χ3n) is 4.55.